The Morgan fingerprint density at radius 1 is 1.32 bits per heavy atom. The molecule has 7 heteroatoms. The molecule has 1 N–H and O–H groups in total. The molecule has 1 amide bonds. The van der Waals surface area contributed by atoms with Crippen molar-refractivity contribution in [1.82, 2.24) is 19.4 Å². The molecule has 170 valence electrons. The lowest BCUT2D eigenvalue weighted by Gasteiger charge is -2.43. The third kappa shape index (κ3) is 3.36. The summed E-state index contributed by atoms with van der Waals surface area (Å²) in [6.07, 6.45) is 7.06. The van der Waals surface area contributed by atoms with Crippen LogP contribution < -0.4 is 0 Å². The topological polar surface area (TPSA) is 70.8 Å². The maximum Gasteiger partial charge on any atom is 0.272 e. The first-order chi connectivity index (χ1) is 14.7. The van der Waals surface area contributed by atoms with E-state index in [-0.39, 0.29) is 41.5 Å². The molecule has 3 saturated heterocycles. The van der Waals surface area contributed by atoms with Crippen LogP contribution >= 0.6 is 0 Å². The summed E-state index contributed by atoms with van der Waals surface area (Å²) in [6, 6.07) is 0. The van der Waals surface area contributed by atoms with E-state index < -0.39 is 0 Å². The highest BCUT2D eigenvalue weighted by molar-refractivity contribution is 5.92. The molecular formula is C24H36N4O3. The van der Waals surface area contributed by atoms with E-state index >= 15 is 0 Å². The molecule has 4 atom stereocenters. The summed E-state index contributed by atoms with van der Waals surface area (Å²) < 4.78 is 8.38. The molecule has 0 radical (unpaired) electrons. The van der Waals surface area contributed by atoms with Crippen LogP contribution in [-0.4, -0.2) is 81.4 Å². The smallest absolute Gasteiger partial charge is 0.272 e. The molecule has 0 aromatic carbocycles. The molecule has 1 aromatic heterocycles. The second-order valence-corrected chi connectivity index (χ2v) is 10.9. The third-order valence-electron chi connectivity index (χ3n) is 8.46. The molecule has 5 rings (SSSR count). The number of imidazole rings is 1. The molecule has 4 heterocycles. The van der Waals surface area contributed by atoms with Crippen molar-refractivity contribution in [3.05, 3.63) is 29.4 Å². The van der Waals surface area contributed by atoms with Gasteiger partial charge in [-0.05, 0) is 31.6 Å². The van der Waals surface area contributed by atoms with Crippen LogP contribution in [0.2, 0.25) is 0 Å². The van der Waals surface area contributed by atoms with Gasteiger partial charge >= 0.3 is 0 Å². The minimum absolute atomic E-state index is 0.00436. The number of nitrogens with zero attached hydrogens (tertiary/aromatic N) is 4. The van der Waals surface area contributed by atoms with E-state index in [2.05, 4.69) is 30.7 Å². The van der Waals surface area contributed by atoms with Crippen LogP contribution in [0.4, 0.5) is 0 Å². The van der Waals surface area contributed by atoms with Gasteiger partial charge in [0.2, 0.25) is 0 Å². The van der Waals surface area contributed by atoms with E-state index in [1.165, 1.54) is 19.3 Å². The van der Waals surface area contributed by atoms with Gasteiger partial charge in [-0.2, -0.15) is 0 Å². The molecule has 1 aromatic rings. The van der Waals surface area contributed by atoms with Crippen molar-refractivity contribution in [1.29, 1.82) is 0 Å². The van der Waals surface area contributed by atoms with Crippen molar-refractivity contribution in [2.24, 2.45) is 24.3 Å². The molecular weight excluding hydrogens is 392 g/mol. The van der Waals surface area contributed by atoms with Gasteiger partial charge in [0.15, 0.2) is 0 Å². The lowest BCUT2D eigenvalue weighted by Crippen LogP contribution is -2.55. The second-order valence-electron chi connectivity index (χ2n) is 10.9. The van der Waals surface area contributed by atoms with E-state index in [1.807, 2.05) is 11.9 Å². The molecule has 2 bridgehead atoms. The molecule has 31 heavy (non-hydrogen) atoms. The summed E-state index contributed by atoms with van der Waals surface area (Å²) in [5.41, 5.74) is 3.59. The van der Waals surface area contributed by atoms with Gasteiger partial charge in [0.25, 0.3) is 5.91 Å². The zero-order valence-electron chi connectivity index (χ0n) is 19.3. The van der Waals surface area contributed by atoms with Crippen molar-refractivity contribution in [3.63, 3.8) is 0 Å². The number of rotatable bonds is 4. The van der Waals surface area contributed by atoms with Crippen LogP contribution in [0.5, 0.6) is 0 Å². The Morgan fingerprint density at radius 3 is 2.81 bits per heavy atom. The van der Waals surface area contributed by atoms with Crippen molar-refractivity contribution < 1.29 is 14.6 Å². The van der Waals surface area contributed by atoms with Crippen molar-refractivity contribution in [2.45, 2.75) is 51.7 Å². The third-order valence-corrected chi connectivity index (χ3v) is 8.46. The zero-order chi connectivity index (χ0) is 22.0. The van der Waals surface area contributed by atoms with Gasteiger partial charge < -0.3 is 19.3 Å². The molecule has 7 nitrogen and oxygen atoms in total. The van der Waals surface area contributed by atoms with Gasteiger partial charge in [-0.1, -0.05) is 25.0 Å². The summed E-state index contributed by atoms with van der Waals surface area (Å²) >= 11 is 0. The first-order valence-corrected chi connectivity index (χ1v) is 11.7. The number of amides is 1. The fourth-order valence-electron chi connectivity index (χ4n) is 6.77. The van der Waals surface area contributed by atoms with Crippen molar-refractivity contribution in [2.75, 3.05) is 39.3 Å². The zero-order valence-corrected chi connectivity index (χ0v) is 19.3. The fourth-order valence-corrected chi connectivity index (χ4v) is 6.77. The highest BCUT2D eigenvalue weighted by atomic mass is 16.5. The van der Waals surface area contributed by atoms with Crippen LogP contribution in [0.15, 0.2) is 23.7 Å². The Bertz CT molecular complexity index is 906. The van der Waals surface area contributed by atoms with Gasteiger partial charge in [-0.15, -0.1) is 0 Å². The van der Waals surface area contributed by atoms with Crippen LogP contribution in [0.1, 0.15) is 50.5 Å². The number of aromatic nitrogens is 2. The quantitative estimate of drug-likeness (QED) is 0.744. The number of allylic oxidation sites excluding steroid dienone is 1. The summed E-state index contributed by atoms with van der Waals surface area (Å²) in [6.45, 7) is 11.1. The molecule has 0 unspecified atom stereocenters. The number of aliphatic hydroxyl groups is 1. The predicted octanol–water partition coefficient (Wildman–Crippen LogP) is 2.08. The predicted molar refractivity (Wildman–Crippen MR) is 118 cm³/mol. The highest BCUT2D eigenvalue weighted by Gasteiger charge is 2.63. The number of hydrogen-bond donors (Lipinski definition) is 1. The number of fused-ring (bicyclic) bond motifs is 1. The monoisotopic (exact) mass is 428 g/mol. The normalized spacial score (nSPS) is 35.0. The van der Waals surface area contributed by atoms with Crippen molar-refractivity contribution in [3.8, 4) is 0 Å². The van der Waals surface area contributed by atoms with E-state index in [4.69, 9.17) is 4.74 Å². The maximum absolute atomic E-state index is 13.2. The van der Waals surface area contributed by atoms with Crippen LogP contribution in [0.3, 0.4) is 0 Å². The molecule has 1 spiro atoms. The Hall–Kier alpha value is -1.70. The van der Waals surface area contributed by atoms with E-state index in [0.717, 1.165) is 19.6 Å². The van der Waals surface area contributed by atoms with Crippen LogP contribution in [0.25, 0.3) is 0 Å². The molecule has 3 aliphatic heterocycles. The second kappa shape index (κ2) is 7.42. The standard InChI is InChI=1S/C24H36N4O3/c1-16-6-5-7-23(2,3)18(16)9-27-11-21-17(12-29)19-10-28(14-24(19,13-27)31-21)22(30)20-8-25-15-26(20)4/h8,15,17,19,21,29H,5-7,9-14H2,1-4H3/t17-,19+,21+,24+/m0/s1. The number of carbonyl (C=O) groups excluding carboxylic acids is 1. The van der Waals surface area contributed by atoms with Gasteiger partial charge in [0, 0.05) is 51.7 Å². The first-order valence-electron chi connectivity index (χ1n) is 11.7. The van der Waals surface area contributed by atoms with Crippen molar-refractivity contribution >= 4 is 5.91 Å². The maximum atomic E-state index is 13.2. The van der Waals surface area contributed by atoms with E-state index in [0.29, 0.717) is 18.8 Å². The van der Waals surface area contributed by atoms with Gasteiger partial charge in [0.1, 0.15) is 11.3 Å². The number of ether oxygens (including phenoxy) is 1. The number of aryl methyl sites for hydroxylation is 1. The lowest BCUT2D eigenvalue weighted by molar-refractivity contribution is -0.114. The summed E-state index contributed by atoms with van der Waals surface area (Å²) in [5.74, 6) is 0.271. The summed E-state index contributed by atoms with van der Waals surface area (Å²) in [7, 11) is 1.85. The summed E-state index contributed by atoms with van der Waals surface area (Å²) in [4.78, 5) is 21.7. The molecule has 3 fully saturated rings. The minimum Gasteiger partial charge on any atom is -0.396 e. The summed E-state index contributed by atoms with van der Waals surface area (Å²) in [5, 5.41) is 10.2. The number of carbonyl (C=O) groups is 1. The SMILES string of the molecule is CC1=C(CN2C[C@H]3O[C@]4(C2)CN(C(=O)c2cncn2C)C[C@@H]4[C@@H]3CO)C(C)(C)CCC1. The Balaban J connectivity index is 1.39. The van der Waals surface area contributed by atoms with Crippen LogP contribution in [0, 0.1) is 17.3 Å². The van der Waals surface area contributed by atoms with Crippen LogP contribution in [-0.2, 0) is 11.8 Å². The highest BCUT2D eigenvalue weighted by Crippen LogP contribution is 2.50. The largest absolute Gasteiger partial charge is 0.396 e. The minimum atomic E-state index is -0.377. The van der Waals surface area contributed by atoms with Gasteiger partial charge in [0.05, 0.1) is 25.2 Å². The lowest BCUT2D eigenvalue weighted by atomic mass is 9.72. The van der Waals surface area contributed by atoms with Gasteiger partial charge in [-0.25, -0.2) is 4.98 Å². The average Bonchev–Trinajstić information content (AvgIpc) is 3.34. The number of morpholine rings is 1. The fraction of sp³-hybridized carbons (Fsp3) is 0.750. The van der Waals surface area contributed by atoms with Gasteiger partial charge in [-0.3, -0.25) is 9.69 Å². The van der Waals surface area contributed by atoms with E-state index in [1.54, 1.807) is 28.2 Å². The molecule has 0 saturated carbocycles. The van der Waals surface area contributed by atoms with E-state index in [9.17, 15) is 9.90 Å². The number of likely N-dealkylation sites (tertiary alicyclic amines) is 2. The number of aliphatic hydroxyl groups excluding tert-OH is 1. The average molecular weight is 429 g/mol. The molecule has 4 aliphatic rings. The molecule has 1 aliphatic carbocycles. The Kier molecular flexibility index (Phi) is 5.07. The number of hydrogen-bond acceptors (Lipinski definition) is 5. The first kappa shape index (κ1) is 21.2. The Morgan fingerprint density at radius 2 is 2.13 bits per heavy atom. The Labute approximate surface area is 185 Å².